The number of nitrogens with zero attached hydrogens (tertiary/aromatic N) is 2. The number of hydrogen-bond acceptors (Lipinski definition) is 5. The number of fused-ring (bicyclic) bond motifs is 3. The molecule has 4 rings (SSSR count). The molecule has 0 unspecified atom stereocenters. The van der Waals surface area contributed by atoms with Crippen LogP contribution in [0.2, 0.25) is 5.02 Å². The van der Waals surface area contributed by atoms with Crippen LogP contribution in [0, 0.1) is 0 Å². The van der Waals surface area contributed by atoms with E-state index in [0.29, 0.717) is 71.7 Å². The molecular weight excluding hydrogens is 499 g/mol. The molecule has 7 nitrogen and oxygen atoms in total. The van der Waals surface area contributed by atoms with Gasteiger partial charge in [-0.05, 0) is 79.6 Å². The second-order valence-corrected chi connectivity index (χ2v) is 8.91. The summed E-state index contributed by atoms with van der Waals surface area (Å²) in [6.45, 7) is 0.689. The number of ether oxygens (including phenoxy) is 1. The van der Waals surface area contributed by atoms with Crippen LogP contribution >= 0.6 is 11.6 Å². The maximum Gasteiger partial charge on any atom is 0.491 e. The normalized spacial score (nSPS) is 12.7. The van der Waals surface area contributed by atoms with Crippen molar-refractivity contribution in [2.75, 3.05) is 6.54 Å². The number of carboxylic acids is 1. The van der Waals surface area contributed by atoms with Crippen molar-refractivity contribution in [2.24, 2.45) is 5.73 Å². The molecule has 36 heavy (non-hydrogen) atoms. The highest BCUT2D eigenvalue weighted by atomic mass is 35.5. The zero-order valence-corrected chi connectivity index (χ0v) is 19.8. The van der Waals surface area contributed by atoms with Gasteiger partial charge in [0.15, 0.2) is 0 Å². The number of esters is 1. The van der Waals surface area contributed by atoms with Gasteiger partial charge < -0.3 is 15.6 Å². The lowest BCUT2D eigenvalue weighted by molar-refractivity contribution is -0.189. The van der Waals surface area contributed by atoms with Crippen LogP contribution in [-0.4, -0.2) is 39.5 Å². The molecule has 0 radical (unpaired) electrons. The monoisotopic (exact) mass is 521 g/mol. The summed E-state index contributed by atoms with van der Waals surface area (Å²) in [4.78, 5) is 23.6. The lowest BCUT2D eigenvalue weighted by Gasteiger charge is -2.20. The smallest absolute Gasteiger partial charge is 0.477 e. The third kappa shape index (κ3) is 5.39. The number of rotatable bonds is 8. The van der Waals surface area contributed by atoms with Crippen molar-refractivity contribution in [3.05, 3.63) is 69.4 Å². The van der Waals surface area contributed by atoms with Crippen LogP contribution < -0.4 is 10.5 Å². The Balaban J connectivity index is 1.77. The van der Waals surface area contributed by atoms with Crippen LogP contribution in [0.25, 0.3) is 11.3 Å². The van der Waals surface area contributed by atoms with E-state index in [1.807, 2.05) is 0 Å². The van der Waals surface area contributed by atoms with E-state index in [1.54, 1.807) is 30.3 Å². The van der Waals surface area contributed by atoms with Gasteiger partial charge in [0.2, 0.25) is 0 Å². The van der Waals surface area contributed by atoms with E-state index in [-0.39, 0.29) is 17.9 Å². The Morgan fingerprint density at radius 2 is 1.86 bits per heavy atom. The minimum absolute atomic E-state index is 0.0828. The van der Waals surface area contributed by atoms with Crippen molar-refractivity contribution in [1.82, 2.24) is 9.78 Å². The zero-order chi connectivity index (χ0) is 26.0. The topological polar surface area (TPSA) is 107 Å². The maximum absolute atomic E-state index is 13.0. The van der Waals surface area contributed by atoms with E-state index in [9.17, 15) is 27.9 Å². The number of benzene rings is 2. The first-order valence-corrected chi connectivity index (χ1v) is 11.7. The van der Waals surface area contributed by atoms with E-state index >= 15 is 0 Å². The number of halogens is 4. The summed E-state index contributed by atoms with van der Waals surface area (Å²) in [7, 11) is 0. The van der Waals surface area contributed by atoms with E-state index in [0.717, 1.165) is 5.56 Å². The highest BCUT2D eigenvalue weighted by Gasteiger charge is 2.42. The quantitative estimate of drug-likeness (QED) is 0.331. The van der Waals surface area contributed by atoms with Crippen LogP contribution in [0.5, 0.6) is 5.75 Å². The van der Waals surface area contributed by atoms with Crippen molar-refractivity contribution in [1.29, 1.82) is 0 Å². The number of aryl methyl sites for hydroxylation is 4. The van der Waals surface area contributed by atoms with Crippen LogP contribution in [0.3, 0.4) is 0 Å². The number of aromatic nitrogens is 2. The van der Waals surface area contributed by atoms with Crippen molar-refractivity contribution >= 4 is 23.5 Å². The predicted octanol–water partition coefficient (Wildman–Crippen LogP) is 4.60. The van der Waals surface area contributed by atoms with Crippen molar-refractivity contribution in [2.45, 2.75) is 44.8 Å². The Labute approximate surface area is 209 Å². The number of carbonyl (C=O) groups is 2. The third-order valence-electron chi connectivity index (χ3n) is 6.04. The lowest BCUT2D eigenvalue weighted by atomic mass is 9.86. The summed E-state index contributed by atoms with van der Waals surface area (Å²) in [5, 5.41) is 14.9. The van der Waals surface area contributed by atoms with Crippen molar-refractivity contribution < 1.29 is 32.6 Å². The highest BCUT2D eigenvalue weighted by molar-refractivity contribution is 6.30. The Kier molecular flexibility index (Phi) is 7.37. The largest absolute Gasteiger partial charge is 0.491 e. The van der Waals surface area contributed by atoms with E-state index in [1.165, 1.54) is 10.7 Å². The van der Waals surface area contributed by atoms with Gasteiger partial charge in [-0.15, -0.1) is 0 Å². The van der Waals surface area contributed by atoms with E-state index < -0.39 is 18.1 Å². The van der Waals surface area contributed by atoms with Crippen LogP contribution in [-0.2, 0) is 37.0 Å². The number of alkyl halides is 3. The fourth-order valence-corrected chi connectivity index (χ4v) is 4.45. The molecule has 0 atom stereocenters. The number of carboxylic acid groups (broad SMARTS) is 1. The SMILES string of the molecule is NCCCn1nc2c(c1C(=O)O)CCc1cc(OC(=O)C(F)(F)F)c(CCc3ccc(Cl)cc3)cc1-2. The Bertz CT molecular complexity index is 1300. The number of hydrogen-bond donors (Lipinski definition) is 2. The Hall–Kier alpha value is -3.37. The fourth-order valence-electron chi connectivity index (χ4n) is 4.33. The summed E-state index contributed by atoms with van der Waals surface area (Å²) in [5.74, 6) is -3.58. The van der Waals surface area contributed by atoms with Crippen LogP contribution in [0.15, 0.2) is 36.4 Å². The zero-order valence-electron chi connectivity index (χ0n) is 19.1. The van der Waals surface area contributed by atoms with Gasteiger partial charge in [-0.1, -0.05) is 23.7 Å². The highest BCUT2D eigenvalue weighted by Crippen LogP contribution is 2.39. The molecule has 0 saturated heterocycles. The Morgan fingerprint density at radius 3 is 2.50 bits per heavy atom. The summed E-state index contributed by atoms with van der Waals surface area (Å²) < 4.78 is 45.0. The average Bonchev–Trinajstić information content (AvgIpc) is 3.21. The van der Waals surface area contributed by atoms with Gasteiger partial charge in [0.25, 0.3) is 0 Å². The molecule has 1 aliphatic rings. The predicted molar refractivity (Wildman–Crippen MR) is 126 cm³/mol. The van der Waals surface area contributed by atoms with Crippen LogP contribution in [0.1, 0.15) is 39.2 Å². The molecule has 1 aromatic heterocycles. The lowest BCUT2D eigenvalue weighted by Crippen LogP contribution is -2.28. The molecule has 0 amide bonds. The van der Waals surface area contributed by atoms with Gasteiger partial charge in [0, 0.05) is 22.7 Å². The van der Waals surface area contributed by atoms with Crippen molar-refractivity contribution in [3.8, 4) is 17.0 Å². The van der Waals surface area contributed by atoms with Crippen LogP contribution in [0.4, 0.5) is 13.2 Å². The minimum Gasteiger partial charge on any atom is -0.477 e. The van der Waals surface area contributed by atoms with Gasteiger partial charge in [0.1, 0.15) is 11.4 Å². The van der Waals surface area contributed by atoms with E-state index in [4.69, 9.17) is 22.1 Å². The first kappa shape index (κ1) is 25.7. The average molecular weight is 522 g/mol. The summed E-state index contributed by atoms with van der Waals surface area (Å²) in [5.41, 5.74) is 9.21. The van der Waals surface area contributed by atoms with E-state index in [2.05, 4.69) is 5.10 Å². The molecule has 3 aromatic rings. The molecule has 0 saturated carbocycles. The van der Waals surface area contributed by atoms with Gasteiger partial charge in [-0.2, -0.15) is 18.3 Å². The van der Waals surface area contributed by atoms with Gasteiger partial charge in [-0.3, -0.25) is 4.68 Å². The van der Waals surface area contributed by atoms with Crippen molar-refractivity contribution in [3.63, 3.8) is 0 Å². The van der Waals surface area contributed by atoms with Gasteiger partial charge >= 0.3 is 18.1 Å². The molecule has 3 N–H and O–H groups in total. The standard InChI is InChI=1S/C25H23ClF3N3O4/c26-17-7-3-14(4-8-17)2-5-16-12-19-15(13-20(16)36-24(35)25(27,28)29)6-9-18-21(19)31-32(11-1-10-30)22(18)23(33)34/h3-4,7-8,12-13H,1-2,5-6,9-11,30H2,(H,33,34). The number of carbonyl (C=O) groups excluding carboxylic acids is 1. The fraction of sp³-hybridized carbons (Fsp3) is 0.320. The summed E-state index contributed by atoms with van der Waals surface area (Å²) in [6, 6.07) is 10.1. The molecule has 0 spiro atoms. The second-order valence-electron chi connectivity index (χ2n) is 8.48. The summed E-state index contributed by atoms with van der Waals surface area (Å²) in [6.07, 6.45) is -3.20. The molecule has 11 heteroatoms. The molecule has 1 heterocycles. The van der Waals surface area contributed by atoms with Gasteiger partial charge in [-0.25, -0.2) is 9.59 Å². The first-order chi connectivity index (χ1) is 17.1. The number of aromatic carboxylic acids is 1. The molecular formula is C25H23ClF3N3O4. The molecule has 190 valence electrons. The first-order valence-electron chi connectivity index (χ1n) is 11.3. The Morgan fingerprint density at radius 1 is 1.14 bits per heavy atom. The molecule has 0 fully saturated rings. The minimum atomic E-state index is -5.14. The summed E-state index contributed by atoms with van der Waals surface area (Å²) >= 11 is 5.93. The molecule has 0 aliphatic heterocycles. The third-order valence-corrected chi connectivity index (χ3v) is 6.30. The molecule has 0 bridgehead atoms. The van der Waals surface area contributed by atoms with Gasteiger partial charge in [0.05, 0.1) is 5.69 Å². The second kappa shape index (κ2) is 10.3. The number of nitrogens with two attached hydrogens (primary N) is 1. The molecule has 1 aliphatic carbocycles. The maximum atomic E-state index is 13.0. The molecule has 2 aromatic carbocycles.